The molecule has 1 saturated heterocycles. The molecule has 1 aromatic carbocycles. The number of likely N-dealkylation sites (tertiary alicyclic amines) is 1. The fourth-order valence-corrected chi connectivity index (χ4v) is 2.66. The lowest BCUT2D eigenvalue weighted by molar-refractivity contribution is 0.0791. The summed E-state index contributed by atoms with van der Waals surface area (Å²) in [4.78, 5) is 18.5. The van der Waals surface area contributed by atoms with Crippen LogP contribution in [-0.4, -0.2) is 42.0 Å². The van der Waals surface area contributed by atoms with E-state index in [4.69, 9.17) is 4.74 Å². The molecule has 5 nitrogen and oxygen atoms in total. The zero-order chi connectivity index (χ0) is 15.4. The smallest absolute Gasteiger partial charge is 0.253 e. The molecular weight excluding hydrogens is 278 g/mol. The average molecular weight is 297 g/mol. The van der Waals surface area contributed by atoms with Crippen molar-refractivity contribution in [1.29, 1.82) is 0 Å². The molecule has 0 radical (unpaired) electrons. The van der Waals surface area contributed by atoms with Gasteiger partial charge in [-0.05, 0) is 42.8 Å². The highest BCUT2D eigenvalue weighted by atomic mass is 16.5. The number of rotatable bonds is 4. The van der Waals surface area contributed by atoms with Crippen LogP contribution in [0.1, 0.15) is 16.8 Å². The first-order chi connectivity index (χ1) is 10.8. The standard InChI is InChI=1S/C17H19N3O2/c1-22-16-6-4-13(5-7-16)17(21)20-10-8-15(12-20)19-14-3-2-9-18-11-14/h2-7,9,11,15,19H,8,10,12H2,1H3/t15-/m1/s1. The van der Waals surface area contributed by atoms with Crippen LogP contribution in [-0.2, 0) is 0 Å². The molecule has 2 heterocycles. The molecule has 1 fully saturated rings. The number of methoxy groups -OCH3 is 1. The van der Waals surface area contributed by atoms with Crippen LogP contribution in [0.15, 0.2) is 48.8 Å². The largest absolute Gasteiger partial charge is 0.497 e. The third-order valence-electron chi connectivity index (χ3n) is 3.84. The highest BCUT2D eigenvalue weighted by Gasteiger charge is 2.26. The second kappa shape index (κ2) is 6.47. The zero-order valence-electron chi connectivity index (χ0n) is 12.5. The predicted molar refractivity (Wildman–Crippen MR) is 85.2 cm³/mol. The summed E-state index contributed by atoms with van der Waals surface area (Å²) in [6.45, 7) is 1.47. The van der Waals surface area contributed by atoms with E-state index in [-0.39, 0.29) is 11.9 Å². The van der Waals surface area contributed by atoms with Crippen molar-refractivity contribution in [3.05, 3.63) is 54.4 Å². The fraction of sp³-hybridized carbons (Fsp3) is 0.294. The number of aromatic nitrogens is 1. The molecule has 1 aliphatic heterocycles. The van der Waals surface area contributed by atoms with Crippen molar-refractivity contribution in [2.75, 3.05) is 25.5 Å². The Morgan fingerprint density at radius 1 is 1.32 bits per heavy atom. The summed E-state index contributed by atoms with van der Waals surface area (Å²) >= 11 is 0. The number of benzene rings is 1. The number of nitrogens with zero attached hydrogens (tertiary/aromatic N) is 2. The van der Waals surface area contributed by atoms with Gasteiger partial charge in [0.25, 0.3) is 5.91 Å². The molecule has 0 unspecified atom stereocenters. The molecule has 0 spiro atoms. The summed E-state index contributed by atoms with van der Waals surface area (Å²) in [5.74, 6) is 0.826. The van der Waals surface area contributed by atoms with Gasteiger partial charge in [0.2, 0.25) is 0 Å². The number of amides is 1. The maximum absolute atomic E-state index is 12.5. The third kappa shape index (κ3) is 3.19. The number of carbonyl (C=O) groups excluding carboxylic acids is 1. The van der Waals surface area contributed by atoms with Gasteiger partial charge in [0, 0.05) is 37.1 Å². The first kappa shape index (κ1) is 14.4. The van der Waals surface area contributed by atoms with Gasteiger partial charge in [0.1, 0.15) is 5.75 Å². The monoisotopic (exact) mass is 297 g/mol. The average Bonchev–Trinajstić information content (AvgIpc) is 3.04. The Morgan fingerprint density at radius 2 is 2.14 bits per heavy atom. The Hall–Kier alpha value is -2.56. The van der Waals surface area contributed by atoms with E-state index in [1.165, 1.54) is 0 Å². The van der Waals surface area contributed by atoms with E-state index in [2.05, 4.69) is 10.3 Å². The summed E-state index contributed by atoms with van der Waals surface area (Å²) < 4.78 is 5.12. The maximum Gasteiger partial charge on any atom is 0.253 e. The van der Waals surface area contributed by atoms with Crippen LogP contribution in [0.25, 0.3) is 0 Å². The molecule has 22 heavy (non-hydrogen) atoms. The second-order valence-corrected chi connectivity index (χ2v) is 5.35. The number of hydrogen-bond donors (Lipinski definition) is 1. The van der Waals surface area contributed by atoms with Gasteiger partial charge in [0.05, 0.1) is 12.8 Å². The van der Waals surface area contributed by atoms with Gasteiger partial charge < -0.3 is 15.0 Å². The van der Waals surface area contributed by atoms with E-state index in [9.17, 15) is 4.79 Å². The Bertz CT molecular complexity index is 628. The summed E-state index contributed by atoms with van der Waals surface area (Å²) in [7, 11) is 1.62. The van der Waals surface area contributed by atoms with Crippen LogP contribution in [0.3, 0.4) is 0 Å². The van der Waals surface area contributed by atoms with E-state index in [1.807, 2.05) is 41.3 Å². The predicted octanol–water partition coefficient (Wildman–Crippen LogP) is 2.42. The van der Waals surface area contributed by atoms with Crippen molar-refractivity contribution in [2.45, 2.75) is 12.5 Å². The maximum atomic E-state index is 12.5. The van der Waals surface area contributed by atoms with Crippen molar-refractivity contribution in [3.63, 3.8) is 0 Å². The van der Waals surface area contributed by atoms with Crippen molar-refractivity contribution in [2.24, 2.45) is 0 Å². The van der Waals surface area contributed by atoms with Crippen LogP contribution in [0.4, 0.5) is 5.69 Å². The van der Waals surface area contributed by atoms with Gasteiger partial charge >= 0.3 is 0 Å². The minimum Gasteiger partial charge on any atom is -0.497 e. The van der Waals surface area contributed by atoms with Gasteiger partial charge in [-0.1, -0.05) is 0 Å². The summed E-state index contributed by atoms with van der Waals surface area (Å²) in [6, 6.07) is 11.4. The number of ether oxygens (including phenoxy) is 1. The molecule has 0 bridgehead atoms. The fourth-order valence-electron chi connectivity index (χ4n) is 2.66. The van der Waals surface area contributed by atoms with Gasteiger partial charge in [-0.15, -0.1) is 0 Å². The van der Waals surface area contributed by atoms with Crippen molar-refractivity contribution >= 4 is 11.6 Å². The Morgan fingerprint density at radius 3 is 2.82 bits per heavy atom. The van der Waals surface area contributed by atoms with Gasteiger partial charge in [0.15, 0.2) is 0 Å². The number of hydrogen-bond acceptors (Lipinski definition) is 4. The van der Waals surface area contributed by atoms with Crippen LogP contribution in [0.5, 0.6) is 5.75 Å². The van der Waals surface area contributed by atoms with Crippen LogP contribution < -0.4 is 10.1 Å². The summed E-state index contributed by atoms with van der Waals surface area (Å²) in [5, 5.41) is 3.42. The van der Waals surface area contributed by atoms with E-state index in [1.54, 1.807) is 19.5 Å². The first-order valence-electron chi connectivity index (χ1n) is 7.36. The quantitative estimate of drug-likeness (QED) is 0.941. The lowest BCUT2D eigenvalue weighted by Crippen LogP contribution is -2.31. The molecule has 5 heteroatoms. The van der Waals surface area contributed by atoms with Crippen molar-refractivity contribution < 1.29 is 9.53 Å². The van der Waals surface area contributed by atoms with E-state index in [0.717, 1.165) is 24.4 Å². The minimum atomic E-state index is 0.0677. The Balaban J connectivity index is 1.60. The van der Waals surface area contributed by atoms with E-state index < -0.39 is 0 Å². The SMILES string of the molecule is COc1ccc(C(=O)N2CC[C@@H](Nc3cccnc3)C2)cc1. The topological polar surface area (TPSA) is 54.5 Å². The zero-order valence-corrected chi connectivity index (χ0v) is 12.5. The molecule has 1 N–H and O–H groups in total. The molecule has 1 aliphatic rings. The Labute approximate surface area is 129 Å². The molecule has 1 aromatic heterocycles. The third-order valence-corrected chi connectivity index (χ3v) is 3.84. The summed E-state index contributed by atoms with van der Waals surface area (Å²) in [5.41, 5.74) is 1.69. The molecule has 0 saturated carbocycles. The molecular formula is C17H19N3O2. The normalized spacial score (nSPS) is 17.3. The first-order valence-corrected chi connectivity index (χ1v) is 7.36. The minimum absolute atomic E-state index is 0.0677. The Kier molecular flexibility index (Phi) is 4.23. The molecule has 3 rings (SSSR count). The highest BCUT2D eigenvalue weighted by Crippen LogP contribution is 2.19. The molecule has 2 aromatic rings. The second-order valence-electron chi connectivity index (χ2n) is 5.35. The molecule has 1 amide bonds. The summed E-state index contributed by atoms with van der Waals surface area (Å²) in [6.07, 6.45) is 4.49. The number of anilines is 1. The van der Waals surface area contributed by atoms with Gasteiger partial charge in [-0.25, -0.2) is 0 Å². The highest BCUT2D eigenvalue weighted by molar-refractivity contribution is 5.94. The number of carbonyl (C=O) groups is 1. The van der Waals surface area contributed by atoms with Gasteiger partial charge in [-0.2, -0.15) is 0 Å². The van der Waals surface area contributed by atoms with Crippen LogP contribution >= 0.6 is 0 Å². The van der Waals surface area contributed by atoms with E-state index in [0.29, 0.717) is 12.1 Å². The van der Waals surface area contributed by atoms with Crippen molar-refractivity contribution in [1.82, 2.24) is 9.88 Å². The molecule has 114 valence electrons. The van der Waals surface area contributed by atoms with Crippen LogP contribution in [0, 0.1) is 0 Å². The number of pyridine rings is 1. The van der Waals surface area contributed by atoms with E-state index >= 15 is 0 Å². The number of nitrogens with one attached hydrogen (secondary N) is 1. The van der Waals surface area contributed by atoms with Crippen molar-refractivity contribution in [3.8, 4) is 5.75 Å². The molecule has 0 aliphatic carbocycles. The van der Waals surface area contributed by atoms with Gasteiger partial charge in [-0.3, -0.25) is 9.78 Å². The lowest BCUT2D eigenvalue weighted by Gasteiger charge is -2.18. The molecule has 1 atom stereocenters. The lowest BCUT2D eigenvalue weighted by atomic mass is 10.2. The van der Waals surface area contributed by atoms with Crippen LogP contribution in [0.2, 0.25) is 0 Å².